The Hall–Kier alpha value is -0.990. The molecule has 8 heteroatoms. The van der Waals surface area contributed by atoms with E-state index >= 15 is 0 Å². The molecule has 2 N–H and O–H groups in total. The van der Waals surface area contributed by atoms with Crippen LogP contribution in [0.3, 0.4) is 0 Å². The largest absolute Gasteiger partial charge is 0.476 e. The number of aromatic carboxylic acids is 1. The third kappa shape index (κ3) is 4.04. The standard InChI is InChI=1S/C10H14N2O4S2/c13-10(14)8-5-17-9(12-8)3-4-11-18(15,16)6-7-1-2-7/h5,7,11H,1-4,6H2,(H,13,14). The normalized spacial score (nSPS) is 15.8. The number of hydrogen-bond donors (Lipinski definition) is 2. The van der Waals surface area contributed by atoms with Gasteiger partial charge in [0.05, 0.1) is 10.8 Å². The maximum absolute atomic E-state index is 11.6. The molecule has 18 heavy (non-hydrogen) atoms. The van der Waals surface area contributed by atoms with Gasteiger partial charge < -0.3 is 5.11 Å². The summed E-state index contributed by atoms with van der Waals surface area (Å²) in [7, 11) is -3.19. The molecule has 0 unspecified atom stereocenters. The number of carboxylic acid groups (broad SMARTS) is 1. The lowest BCUT2D eigenvalue weighted by atomic mass is 10.4. The molecule has 0 aromatic carbocycles. The van der Waals surface area contributed by atoms with Crippen molar-refractivity contribution in [1.29, 1.82) is 0 Å². The van der Waals surface area contributed by atoms with Gasteiger partial charge >= 0.3 is 5.97 Å². The van der Waals surface area contributed by atoms with E-state index in [9.17, 15) is 13.2 Å². The van der Waals surface area contributed by atoms with E-state index in [1.165, 1.54) is 16.7 Å². The summed E-state index contributed by atoms with van der Waals surface area (Å²) in [5.74, 6) is -0.543. The van der Waals surface area contributed by atoms with E-state index in [1.807, 2.05) is 0 Å². The lowest BCUT2D eigenvalue weighted by Gasteiger charge is -2.04. The molecule has 1 aromatic rings. The number of thiazole rings is 1. The maximum Gasteiger partial charge on any atom is 0.355 e. The quantitative estimate of drug-likeness (QED) is 0.771. The van der Waals surface area contributed by atoms with Crippen molar-refractivity contribution in [3.63, 3.8) is 0 Å². The molecule has 1 aromatic heterocycles. The highest BCUT2D eigenvalue weighted by Gasteiger charge is 2.27. The Morgan fingerprint density at radius 3 is 2.83 bits per heavy atom. The van der Waals surface area contributed by atoms with Gasteiger partial charge in [0.2, 0.25) is 10.0 Å². The lowest BCUT2D eigenvalue weighted by molar-refractivity contribution is 0.0691. The van der Waals surface area contributed by atoms with Gasteiger partial charge in [-0.15, -0.1) is 11.3 Å². The van der Waals surface area contributed by atoms with Crippen molar-refractivity contribution < 1.29 is 18.3 Å². The molecule has 1 heterocycles. The van der Waals surface area contributed by atoms with Gasteiger partial charge in [-0.3, -0.25) is 0 Å². The summed E-state index contributed by atoms with van der Waals surface area (Å²) in [4.78, 5) is 14.5. The van der Waals surface area contributed by atoms with Crippen molar-refractivity contribution in [3.05, 3.63) is 16.1 Å². The lowest BCUT2D eigenvalue weighted by Crippen LogP contribution is -2.29. The Kier molecular flexibility index (Phi) is 3.98. The minimum atomic E-state index is -3.19. The van der Waals surface area contributed by atoms with Crippen molar-refractivity contribution in [3.8, 4) is 0 Å². The van der Waals surface area contributed by atoms with Crippen LogP contribution in [-0.2, 0) is 16.4 Å². The van der Waals surface area contributed by atoms with Crippen molar-refractivity contribution >= 4 is 27.3 Å². The van der Waals surface area contributed by atoms with Crippen molar-refractivity contribution in [2.45, 2.75) is 19.3 Å². The molecule has 1 fully saturated rings. The second kappa shape index (κ2) is 5.33. The molecule has 0 bridgehead atoms. The topological polar surface area (TPSA) is 96.4 Å². The van der Waals surface area contributed by atoms with E-state index in [-0.39, 0.29) is 18.0 Å². The molecule has 1 aliphatic rings. The number of nitrogens with one attached hydrogen (secondary N) is 1. The van der Waals surface area contributed by atoms with Crippen LogP contribution in [0.5, 0.6) is 0 Å². The van der Waals surface area contributed by atoms with Crippen LogP contribution in [0.15, 0.2) is 5.38 Å². The fourth-order valence-corrected chi connectivity index (χ4v) is 3.75. The Balaban J connectivity index is 1.78. The molecule has 100 valence electrons. The summed E-state index contributed by atoms with van der Waals surface area (Å²) >= 11 is 1.23. The SMILES string of the molecule is O=C(O)c1csc(CCNS(=O)(=O)CC2CC2)n1. The van der Waals surface area contributed by atoms with Gasteiger partial charge in [-0.25, -0.2) is 22.9 Å². The zero-order valence-electron chi connectivity index (χ0n) is 9.63. The number of carboxylic acids is 1. The van der Waals surface area contributed by atoms with Gasteiger partial charge in [-0.2, -0.15) is 0 Å². The molecule has 0 spiro atoms. The molecule has 0 atom stereocenters. The first-order valence-electron chi connectivity index (χ1n) is 5.61. The van der Waals surface area contributed by atoms with E-state index in [0.717, 1.165) is 12.8 Å². The highest BCUT2D eigenvalue weighted by atomic mass is 32.2. The molecular weight excluding hydrogens is 276 g/mol. The van der Waals surface area contributed by atoms with E-state index in [4.69, 9.17) is 5.11 Å². The first-order chi connectivity index (χ1) is 8.46. The second-order valence-corrected chi connectivity index (χ2v) is 7.09. The van der Waals surface area contributed by atoms with Crippen LogP contribution in [-0.4, -0.2) is 36.8 Å². The van der Waals surface area contributed by atoms with Crippen LogP contribution in [0, 0.1) is 5.92 Å². The summed E-state index contributed by atoms with van der Waals surface area (Å²) in [6.07, 6.45) is 2.41. The summed E-state index contributed by atoms with van der Waals surface area (Å²) in [6.45, 7) is 0.266. The van der Waals surface area contributed by atoms with E-state index in [1.54, 1.807) is 0 Å². The van der Waals surface area contributed by atoms with Gasteiger partial charge in [0, 0.05) is 18.3 Å². The fourth-order valence-electron chi connectivity index (χ4n) is 1.49. The summed E-state index contributed by atoms with van der Waals surface area (Å²) in [5.41, 5.74) is 0.0100. The Morgan fingerprint density at radius 1 is 1.56 bits per heavy atom. The molecule has 0 aliphatic heterocycles. The van der Waals surface area contributed by atoms with Gasteiger partial charge in [-0.1, -0.05) is 0 Å². The minimum Gasteiger partial charge on any atom is -0.476 e. The van der Waals surface area contributed by atoms with Crippen LogP contribution >= 0.6 is 11.3 Å². The summed E-state index contributed by atoms with van der Waals surface area (Å²) < 4.78 is 25.6. The third-order valence-electron chi connectivity index (χ3n) is 2.58. The minimum absolute atomic E-state index is 0.0100. The predicted octanol–water partition coefficient (Wildman–Crippen LogP) is 0.713. The molecule has 0 saturated heterocycles. The molecular formula is C10H14N2O4S2. The Bertz CT molecular complexity index is 534. The monoisotopic (exact) mass is 290 g/mol. The van der Waals surface area contributed by atoms with E-state index in [0.29, 0.717) is 17.3 Å². The van der Waals surface area contributed by atoms with Gasteiger partial charge in [0.25, 0.3) is 0 Å². The number of rotatable bonds is 7. The predicted molar refractivity (Wildman–Crippen MR) is 67.3 cm³/mol. The fraction of sp³-hybridized carbons (Fsp3) is 0.600. The number of aromatic nitrogens is 1. The molecule has 6 nitrogen and oxygen atoms in total. The van der Waals surface area contributed by atoms with Crippen LogP contribution in [0.4, 0.5) is 0 Å². The van der Waals surface area contributed by atoms with Gasteiger partial charge in [-0.05, 0) is 18.8 Å². The first kappa shape index (κ1) is 13.4. The molecule has 2 rings (SSSR count). The number of nitrogens with zero attached hydrogens (tertiary/aromatic N) is 1. The van der Waals surface area contributed by atoms with Crippen molar-refractivity contribution in [2.24, 2.45) is 5.92 Å². The van der Waals surface area contributed by atoms with E-state index < -0.39 is 16.0 Å². The zero-order chi connectivity index (χ0) is 13.2. The summed E-state index contributed by atoms with van der Waals surface area (Å²) in [6, 6.07) is 0. The smallest absolute Gasteiger partial charge is 0.355 e. The van der Waals surface area contributed by atoms with Crippen LogP contribution in [0.25, 0.3) is 0 Å². The third-order valence-corrected chi connectivity index (χ3v) is 5.05. The zero-order valence-corrected chi connectivity index (χ0v) is 11.3. The molecule has 0 amide bonds. The molecule has 1 saturated carbocycles. The van der Waals surface area contributed by atoms with Crippen LogP contribution in [0.1, 0.15) is 28.3 Å². The van der Waals surface area contributed by atoms with Gasteiger partial charge in [0.1, 0.15) is 0 Å². The average molecular weight is 290 g/mol. The van der Waals surface area contributed by atoms with Crippen molar-refractivity contribution in [1.82, 2.24) is 9.71 Å². The second-order valence-electron chi connectivity index (χ2n) is 4.30. The Labute approximate surface area is 109 Å². The average Bonchev–Trinajstić information content (AvgIpc) is 2.93. The molecule has 1 aliphatic carbocycles. The highest BCUT2D eigenvalue weighted by molar-refractivity contribution is 7.89. The maximum atomic E-state index is 11.6. The number of carbonyl (C=O) groups is 1. The molecule has 0 radical (unpaired) electrons. The van der Waals surface area contributed by atoms with Crippen molar-refractivity contribution in [2.75, 3.05) is 12.3 Å². The first-order valence-corrected chi connectivity index (χ1v) is 8.14. The number of sulfonamides is 1. The van der Waals surface area contributed by atoms with Gasteiger partial charge in [0.15, 0.2) is 5.69 Å². The van der Waals surface area contributed by atoms with E-state index in [2.05, 4.69) is 9.71 Å². The Morgan fingerprint density at radius 2 is 2.28 bits per heavy atom. The highest BCUT2D eigenvalue weighted by Crippen LogP contribution is 2.29. The van der Waals surface area contributed by atoms with Crippen LogP contribution < -0.4 is 4.72 Å². The van der Waals surface area contributed by atoms with Crippen LogP contribution in [0.2, 0.25) is 0 Å². The number of hydrogen-bond acceptors (Lipinski definition) is 5. The summed E-state index contributed by atoms with van der Waals surface area (Å²) in [5, 5.41) is 10.8.